The molecule has 4 heteroatoms. The second kappa shape index (κ2) is 5.02. The molecule has 0 radical (unpaired) electrons. The van der Waals surface area contributed by atoms with Gasteiger partial charge < -0.3 is 15.7 Å². The number of nitrogens with zero attached hydrogens (tertiary/aromatic N) is 2. The second-order valence-corrected chi connectivity index (χ2v) is 4.97. The maximum atomic E-state index is 9.59. The highest BCUT2D eigenvalue weighted by atomic mass is 16.3. The molecule has 17 heavy (non-hydrogen) atoms. The largest absolute Gasteiger partial charge is 0.393 e. The highest BCUT2D eigenvalue weighted by Gasteiger charge is 2.26. The summed E-state index contributed by atoms with van der Waals surface area (Å²) < 4.78 is 0. The standard InChI is InChI=1S/C13H21N3O/c1-9(14)11-3-5-15-13(7-11)16-6-4-12(8-16)10(2)17/h3,5,7,9-10,12,17H,4,6,8,14H2,1-2H3/t9-,10?,12?/m1/s1. The number of hydrogen-bond acceptors (Lipinski definition) is 4. The number of anilines is 1. The summed E-state index contributed by atoms with van der Waals surface area (Å²) in [5, 5.41) is 9.59. The Bertz CT molecular complexity index is 379. The van der Waals surface area contributed by atoms with Crippen LogP contribution >= 0.6 is 0 Å². The van der Waals surface area contributed by atoms with Gasteiger partial charge in [0.05, 0.1) is 6.10 Å². The third kappa shape index (κ3) is 2.76. The summed E-state index contributed by atoms with van der Waals surface area (Å²) >= 11 is 0. The SMILES string of the molecule is CC(O)C1CCN(c2cc([C@@H](C)N)ccn2)C1. The zero-order chi connectivity index (χ0) is 12.4. The third-order valence-corrected chi connectivity index (χ3v) is 3.53. The first-order valence-corrected chi connectivity index (χ1v) is 6.22. The molecular formula is C13H21N3O. The summed E-state index contributed by atoms with van der Waals surface area (Å²) in [4.78, 5) is 6.61. The lowest BCUT2D eigenvalue weighted by Crippen LogP contribution is -2.24. The molecule has 2 unspecified atom stereocenters. The van der Waals surface area contributed by atoms with Crippen LogP contribution in [0.2, 0.25) is 0 Å². The van der Waals surface area contributed by atoms with Crippen LogP contribution < -0.4 is 10.6 Å². The van der Waals surface area contributed by atoms with Crippen molar-refractivity contribution in [1.82, 2.24) is 4.98 Å². The summed E-state index contributed by atoms with van der Waals surface area (Å²) in [6.45, 7) is 5.68. The molecule has 94 valence electrons. The van der Waals surface area contributed by atoms with E-state index in [1.807, 2.05) is 26.1 Å². The van der Waals surface area contributed by atoms with E-state index in [0.29, 0.717) is 5.92 Å². The second-order valence-electron chi connectivity index (χ2n) is 4.97. The highest BCUT2D eigenvalue weighted by Crippen LogP contribution is 2.25. The average molecular weight is 235 g/mol. The molecule has 0 amide bonds. The monoisotopic (exact) mass is 235 g/mol. The van der Waals surface area contributed by atoms with Gasteiger partial charge in [-0.25, -0.2) is 4.98 Å². The van der Waals surface area contributed by atoms with Gasteiger partial charge in [-0.1, -0.05) is 0 Å². The Morgan fingerprint density at radius 1 is 1.53 bits per heavy atom. The molecular weight excluding hydrogens is 214 g/mol. The molecule has 4 nitrogen and oxygen atoms in total. The van der Waals surface area contributed by atoms with Crippen molar-refractivity contribution in [1.29, 1.82) is 0 Å². The number of aromatic nitrogens is 1. The van der Waals surface area contributed by atoms with E-state index in [4.69, 9.17) is 5.73 Å². The molecule has 2 heterocycles. The number of nitrogens with two attached hydrogens (primary N) is 1. The first-order chi connectivity index (χ1) is 8.08. The van der Waals surface area contributed by atoms with Gasteiger partial charge in [0.1, 0.15) is 5.82 Å². The van der Waals surface area contributed by atoms with Crippen LogP contribution in [-0.4, -0.2) is 29.3 Å². The van der Waals surface area contributed by atoms with Gasteiger partial charge >= 0.3 is 0 Å². The van der Waals surface area contributed by atoms with Gasteiger partial charge in [0.15, 0.2) is 0 Å². The smallest absolute Gasteiger partial charge is 0.128 e. The molecule has 1 aliphatic rings. The molecule has 0 bridgehead atoms. The third-order valence-electron chi connectivity index (χ3n) is 3.53. The fourth-order valence-corrected chi connectivity index (χ4v) is 2.28. The van der Waals surface area contributed by atoms with Gasteiger partial charge in [-0.05, 0) is 38.0 Å². The van der Waals surface area contributed by atoms with Crippen LogP contribution in [0, 0.1) is 5.92 Å². The maximum Gasteiger partial charge on any atom is 0.128 e. The van der Waals surface area contributed by atoms with E-state index in [0.717, 1.165) is 30.9 Å². The lowest BCUT2D eigenvalue weighted by atomic mass is 10.0. The Balaban J connectivity index is 2.11. The molecule has 0 saturated carbocycles. The predicted molar refractivity (Wildman–Crippen MR) is 68.8 cm³/mol. The topological polar surface area (TPSA) is 62.4 Å². The van der Waals surface area contributed by atoms with Crippen molar-refractivity contribution < 1.29 is 5.11 Å². The number of aliphatic hydroxyl groups is 1. The van der Waals surface area contributed by atoms with Gasteiger partial charge in [-0.15, -0.1) is 0 Å². The Hall–Kier alpha value is -1.13. The van der Waals surface area contributed by atoms with Crippen molar-refractivity contribution in [3.05, 3.63) is 23.9 Å². The molecule has 1 aliphatic heterocycles. The van der Waals surface area contributed by atoms with Crippen molar-refractivity contribution in [2.24, 2.45) is 11.7 Å². The molecule has 1 saturated heterocycles. The summed E-state index contributed by atoms with van der Waals surface area (Å²) in [5.74, 6) is 1.33. The van der Waals surface area contributed by atoms with Crippen LogP contribution in [-0.2, 0) is 0 Å². The fourth-order valence-electron chi connectivity index (χ4n) is 2.28. The molecule has 0 aliphatic carbocycles. The van der Waals surface area contributed by atoms with Crippen LogP contribution in [0.25, 0.3) is 0 Å². The summed E-state index contributed by atoms with van der Waals surface area (Å²) in [6.07, 6.45) is 2.60. The zero-order valence-corrected chi connectivity index (χ0v) is 10.5. The Labute approximate surface area is 102 Å². The van der Waals surface area contributed by atoms with Crippen LogP contribution in [0.4, 0.5) is 5.82 Å². The van der Waals surface area contributed by atoms with E-state index in [-0.39, 0.29) is 12.1 Å². The minimum Gasteiger partial charge on any atom is -0.393 e. The van der Waals surface area contributed by atoms with Gasteiger partial charge in [-0.2, -0.15) is 0 Å². The molecule has 0 aromatic carbocycles. The van der Waals surface area contributed by atoms with E-state index in [1.165, 1.54) is 0 Å². The van der Waals surface area contributed by atoms with Gasteiger partial charge in [0, 0.05) is 31.2 Å². The summed E-state index contributed by atoms with van der Waals surface area (Å²) in [7, 11) is 0. The highest BCUT2D eigenvalue weighted by molar-refractivity contribution is 5.42. The quantitative estimate of drug-likeness (QED) is 0.829. The van der Waals surface area contributed by atoms with Gasteiger partial charge in [0.2, 0.25) is 0 Å². The minimum atomic E-state index is -0.239. The van der Waals surface area contributed by atoms with E-state index in [9.17, 15) is 5.11 Å². The lowest BCUT2D eigenvalue weighted by Gasteiger charge is -2.19. The Morgan fingerprint density at radius 3 is 2.88 bits per heavy atom. The number of rotatable bonds is 3. The number of hydrogen-bond donors (Lipinski definition) is 2. The zero-order valence-electron chi connectivity index (χ0n) is 10.5. The molecule has 0 spiro atoms. The predicted octanol–water partition coefficient (Wildman–Crippen LogP) is 1.31. The molecule has 1 aromatic heterocycles. The molecule has 1 aromatic rings. The first-order valence-electron chi connectivity index (χ1n) is 6.22. The van der Waals surface area contributed by atoms with Crippen LogP contribution in [0.5, 0.6) is 0 Å². The maximum absolute atomic E-state index is 9.59. The van der Waals surface area contributed by atoms with E-state index in [1.54, 1.807) is 0 Å². The lowest BCUT2D eigenvalue weighted by molar-refractivity contribution is 0.136. The Morgan fingerprint density at radius 2 is 2.29 bits per heavy atom. The fraction of sp³-hybridized carbons (Fsp3) is 0.615. The molecule has 2 rings (SSSR count). The van der Waals surface area contributed by atoms with E-state index in [2.05, 4.69) is 16.0 Å². The number of aliphatic hydroxyl groups excluding tert-OH is 1. The number of pyridine rings is 1. The average Bonchev–Trinajstić information content (AvgIpc) is 2.78. The van der Waals surface area contributed by atoms with Crippen molar-refractivity contribution >= 4 is 5.82 Å². The van der Waals surface area contributed by atoms with E-state index >= 15 is 0 Å². The van der Waals surface area contributed by atoms with Crippen molar-refractivity contribution in [2.75, 3.05) is 18.0 Å². The van der Waals surface area contributed by atoms with Crippen LogP contribution in [0.1, 0.15) is 31.9 Å². The van der Waals surface area contributed by atoms with Gasteiger partial charge in [0.25, 0.3) is 0 Å². The molecule has 3 atom stereocenters. The van der Waals surface area contributed by atoms with Crippen LogP contribution in [0.15, 0.2) is 18.3 Å². The normalized spacial score (nSPS) is 23.8. The first kappa shape index (κ1) is 12.3. The van der Waals surface area contributed by atoms with E-state index < -0.39 is 0 Å². The summed E-state index contributed by atoms with van der Waals surface area (Å²) in [5.41, 5.74) is 6.98. The van der Waals surface area contributed by atoms with Crippen molar-refractivity contribution in [3.8, 4) is 0 Å². The van der Waals surface area contributed by atoms with Crippen molar-refractivity contribution in [3.63, 3.8) is 0 Å². The Kier molecular flexibility index (Phi) is 3.64. The molecule has 3 N–H and O–H groups in total. The minimum absolute atomic E-state index is 0.0342. The molecule has 1 fully saturated rings. The van der Waals surface area contributed by atoms with Crippen LogP contribution in [0.3, 0.4) is 0 Å². The summed E-state index contributed by atoms with van der Waals surface area (Å²) in [6, 6.07) is 4.04. The van der Waals surface area contributed by atoms with Crippen molar-refractivity contribution in [2.45, 2.75) is 32.4 Å². The van der Waals surface area contributed by atoms with Gasteiger partial charge in [-0.3, -0.25) is 0 Å².